The van der Waals surface area contributed by atoms with Crippen LogP contribution in [0, 0.1) is 0 Å². The molecule has 1 aliphatic rings. The third kappa shape index (κ3) is 3.45. The van der Waals surface area contributed by atoms with Crippen LogP contribution in [0.1, 0.15) is 22.3 Å². The smallest absolute Gasteiger partial charge is 0.127 e. The third-order valence-electron chi connectivity index (χ3n) is 8.88. The molecule has 1 aliphatic carbocycles. The average molecular weight is 541 g/mol. The van der Waals surface area contributed by atoms with Crippen LogP contribution in [0.2, 0.25) is 0 Å². The normalized spacial score (nSPS) is 15.5. The van der Waals surface area contributed by atoms with Gasteiger partial charge >= 0.3 is 0 Å². The molecule has 0 radical (unpaired) electrons. The van der Waals surface area contributed by atoms with E-state index in [-0.39, 0.29) is 0 Å². The van der Waals surface area contributed by atoms with E-state index in [0.29, 0.717) is 0 Å². The van der Waals surface area contributed by atoms with Gasteiger partial charge in [-0.2, -0.15) is 0 Å². The van der Waals surface area contributed by atoms with Crippen LogP contribution in [0.25, 0.3) is 43.4 Å². The fourth-order valence-electron chi connectivity index (χ4n) is 7.05. The van der Waals surface area contributed by atoms with E-state index < -0.39 is 5.41 Å². The number of hydrogen-bond donors (Lipinski definition) is 0. The molecule has 0 heterocycles. The van der Waals surface area contributed by atoms with E-state index in [9.17, 15) is 0 Å². The van der Waals surface area contributed by atoms with Crippen LogP contribution in [-0.2, 0) is 5.41 Å². The summed E-state index contributed by atoms with van der Waals surface area (Å²) in [6.07, 6.45) is 1.47. The molecule has 42 heavy (non-hydrogen) atoms. The summed E-state index contributed by atoms with van der Waals surface area (Å²) in [6.45, 7) is 3.71. The first-order valence-electron chi connectivity index (χ1n) is 14.2. The Kier molecular flexibility index (Phi) is 5.45. The van der Waals surface area contributed by atoms with E-state index in [0.717, 1.165) is 22.3 Å². The van der Waals surface area contributed by atoms with Gasteiger partial charge in [0.2, 0.25) is 0 Å². The zero-order chi connectivity index (χ0) is 28.3. The van der Waals surface area contributed by atoms with E-state index in [2.05, 4.69) is 128 Å². The first-order valence-corrected chi connectivity index (χ1v) is 14.2. The summed E-state index contributed by atoms with van der Waals surface area (Å²) in [4.78, 5) is 0. The number of hydrogen-bond acceptors (Lipinski definition) is 2. The lowest BCUT2D eigenvalue weighted by atomic mass is 9.67. The van der Waals surface area contributed by atoms with Gasteiger partial charge in [-0.1, -0.05) is 104 Å². The minimum absolute atomic E-state index is 0.505. The molecule has 0 spiro atoms. The molecule has 8 rings (SSSR count). The molecule has 0 aliphatic heterocycles. The van der Waals surface area contributed by atoms with Gasteiger partial charge in [0.1, 0.15) is 11.5 Å². The standard InChI is InChI=1S/C40H28O2/c1-3-42-34-20-15-28-23-32(18-13-30(28)25-34)40(31-17-12-29-24-33(41-2)19-14-27(29)22-31)37-11-7-6-10-36(37)39-35-9-5-4-8-26(35)16-21-38(39)40/h3-25H,1H2,2H3. The fourth-order valence-corrected chi connectivity index (χ4v) is 7.05. The van der Waals surface area contributed by atoms with Crippen molar-refractivity contribution in [1.29, 1.82) is 0 Å². The Bertz CT molecular complexity index is 2190. The molecule has 7 aromatic carbocycles. The van der Waals surface area contributed by atoms with Crippen molar-refractivity contribution in [2.45, 2.75) is 5.41 Å². The van der Waals surface area contributed by atoms with Crippen LogP contribution in [-0.4, -0.2) is 7.11 Å². The number of rotatable bonds is 5. The van der Waals surface area contributed by atoms with Crippen molar-refractivity contribution in [2.24, 2.45) is 0 Å². The van der Waals surface area contributed by atoms with Crippen LogP contribution in [0.5, 0.6) is 11.5 Å². The summed E-state index contributed by atoms with van der Waals surface area (Å²) in [5.74, 6) is 1.65. The van der Waals surface area contributed by atoms with E-state index in [1.807, 2.05) is 12.1 Å². The molecule has 1 atom stereocenters. The minimum atomic E-state index is -0.505. The highest BCUT2D eigenvalue weighted by atomic mass is 16.5. The molecule has 0 bridgehead atoms. The molecule has 1 unspecified atom stereocenters. The topological polar surface area (TPSA) is 18.5 Å². The van der Waals surface area contributed by atoms with Gasteiger partial charge in [-0.05, 0) is 102 Å². The van der Waals surface area contributed by atoms with Crippen molar-refractivity contribution < 1.29 is 9.47 Å². The SMILES string of the molecule is C=COc1ccc2cc(C3(c4ccc5cc(OC)ccc5c4)c4ccccc4-c4c3ccc3ccccc43)ccc2c1. The minimum Gasteiger partial charge on any atom is -0.497 e. The first kappa shape index (κ1) is 24.5. The van der Waals surface area contributed by atoms with Crippen molar-refractivity contribution in [3.63, 3.8) is 0 Å². The third-order valence-corrected chi connectivity index (χ3v) is 8.88. The van der Waals surface area contributed by atoms with E-state index >= 15 is 0 Å². The number of methoxy groups -OCH3 is 1. The van der Waals surface area contributed by atoms with E-state index in [1.165, 1.54) is 61.2 Å². The molecule has 0 amide bonds. The Morgan fingerprint density at radius 1 is 0.548 bits per heavy atom. The predicted molar refractivity (Wildman–Crippen MR) is 174 cm³/mol. The van der Waals surface area contributed by atoms with Crippen LogP contribution >= 0.6 is 0 Å². The monoisotopic (exact) mass is 540 g/mol. The van der Waals surface area contributed by atoms with Crippen molar-refractivity contribution in [2.75, 3.05) is 7.11 Å². The summed E-state index contributed by atoms with van der Waals surface area (Å²) in [6, 6.07) is 48.6. The lowest BCUT2D eigenvalue weighted by Crippen LogP contribution is -2.28. The van der Waals surface area contributed by atoms with Gasteiger partial charge in [-0.25, -0.2) is 0 Å². The van der Waals surface area contributed by atoms with Crippen molar-refractivity contribution in [3.8, 4) is 22.6 Å². The maximum absolute atomic E-state index is 5.58. The molecular formula is C40H28O2. The highest BCUT2D eigenvalue weighted by Crippen LogP contribution is 2.58. The molecule has 7 aromatic rings. The lowest BCUT2D eigenvalue weighted by molar-refractivity contribution is 0.415. The molecule has 0 saturated heterocycles. The molecule has 0 saturated carbocycles. The summed E-state index contributed by atoms with van der Waals surface area (Å²) in [7, 11) is 1.72. The van der Waals surface area contributed by atoms with Crippen LogP contribution < -0.4 is 9.47 Å². The Hall–Kier alpha value is -5.34. The summed E-state index contributed by atoms with van der Waals surface area (Å²) in [5, 5.41) is 7.17. The van der Waals surface area contributed by atoms with Gasteiger partial charge in [0.15, 0.2) is 0 Å². The quantitative estimate of drug-likeness (QED) is 0.202. The zero-order valence-corrected chi connectivity index (χ0v) is 23.3. The number of benzene rings is 7. The van der Waals surface area contributed by atoms with Gasteiger partial charge in [0, 0.05) is 0 Å². The molecule has 200 valence electrons. The highest BCUT2D eigenvalue weighted by Gasteiger charge is 2.46. The van der Waals surface area contributed by atoms with E-state index in [1.54, 1.807) is 7.11 Å². The Morgan fingerprint density at radius 2 is 1.14 bits per heavy atom. The zero-order valence-electron chi connectivity index (χ0n) is 23.3. The van der Waals surface area contributed by atoms with Gasteiger partial charge in [-0.15, -0.1) is 0 Å². The van der Waals surface area contributed by atoms with Crippen LogP contribution in [0.15, 0.2) is 146 Å². The average Bonchev–Trinajstić information content (AvgIpc) is 3.36. The molecule has 0 fully saturated rings. The maximum atomic E-state index is 5.58. The van der Waals surface area contributed by atoms with Gasteiger partial charge in [-0.3, -0.25) is 0 Å². The fraction of sp³-hybridized carbons (Fsp3) is 0.0500. The number of ether oxygens (including phenoxy) is 2. The maximum Gasteiger partial charge on any atom is 0.127 e. The first-order chi connectivity index (χ1) is 20.7. The highest BCUT2D eigenvalue weighted by molar-refractivity contribution is 6.04. The second kappa shape index (κ2) is 9.36. The summed E-state index contributed by atoms with van der Waals surface area (Å²) >= 11 is 0. The van der Waals surface area contributed by atoms with E-state index in [4.69, 9.17) is 9.47 Å². The molecule has 0 aromatic heterocycles. The van der Waals surface area contributed by atoms with Crippen LogP contribution in [0.4, 0.5) is 0 Å². The van der Waals surface area contributed by atoms with Crippen molar-refractivity contribution >= 4 is 32.3 Å². The predicted octanol–water partition coefficient (Wildman–Crippen LogP) is 10.0. The van der Waals surface area contributed by atoms with Crippen LogP contribution in [0.3, 0.4) is 0 Å². The van der Waals surface area contributed by atoms with Gasteiger partial charge in [0.25, 0.3) is 0 Å². The molecular weight excluding hydrogens is 512 g/mol. The molecule has 2 heteroatoms. The molecule has 2 nitrogen and oxygen atoms in total. The van der Waals surface area contributed by atoms with Crippen molar-refractivity contribution in [3.05, 3.63) is 169 Å². The second-order valence-electron chi connectivity index (χ2n) is 10.9. The molecule has 0 N–H and O–H groups in total. The Morgan fingerprint density at radius 3 is 1.88 bits per heavy atom. The van der Waals surface area contributed by atoms with Gasteiger partial charge < -0.3 is 9.47 Å². The van der Waals surface area contributed by atoms with Gasteiger partial charge in [0.05, 0.1) is 18.8 Å². The largest absolute Gasteiger partial charge is 0.497 e. The lowest BCUT2D eigenvalue weighted by Gasteiger charge is -2.34. The Balaban J connectivity index is 1.49. The summed E-state index contributed by atoms with van der Waals surface area (Å²) in [5.41, 5.74) is 7.18. The number of fused-ring (bicyclic) bond motifs is 7. The summed E-state index contributed by atoms with van der Waals surface area (Å²) < 4.78 is 11.1. The Labute approximate surface area is 245 Å². The van der Waals surface area contributed by atoms with Crippen molar-refractivity contribution in [1.82, 2.24) is 0 Å². The second-order valence-corrected chi connectivity index (χ2v) is 10.9.